The Hall–Kier alpha value is -1.24. The predicted molar refractivity (Wildman–Crippen MR) is 60.6 cm³/mol. The number of halogens is 3. The monoisotopic (exact) mass is 309 g/mol. The highest BCUT2D eigenvalue weighted by atomic mass is 79.9. The van der Waals surface area contributed by atoms with Crippen LogP contribution in [0.2, 0.25) is 0 Å². The Morgan fingerprint density at radius 1 is 1.59 bits per heavy atom. The first kappa shape index (κ1) is 13.8. The molecular weight excluding hydrogens is 300 g/mol. The van der Waals surface area contributed by atoms with Crippen molar-refractivity contribution in [3.05, 3.63) is 33.2 Å². The summed E-state index contributed by atoms with van der Waals surface area (Å²) in [5, 5.41) is 0.0230. The molecule has 0 amide bonds. The molecule has 0 fully saturated rings. The van der Waals surface area contributed by atoms with E-state index in [1.54, 1.807) is 6.92 Å². The van der Waals surface area contributed by atoms with Crippen LogP contribution in [0.4, 0.5) is 8.78 Å². The number of aromatic amines is 1. The fraction of sp³-hybridized carbons (Fsp3) is 0.400. The Kier molecular flexibility index (Phi) is 4.80. The third kappa shape index (κ3) is 3.12. The van der Waals surface area contributed by atoms with Gasteiger partial charge in [0.25, 0.3) is 6.43 Å². The molecule has 0 aliphatic rings. The number of ether oxygens (including phenoxy) is 1. The number of rotatable bonds is 4. The lowest BCUT2D eigenvalue weighted by Crippen LogP contribution is -2.19. The second kappa shape index (κ2) is 5.90. The van der Waals surface area contributed by atoms with Gasteiger partial charge in [-0.2, -0.15) is 0 Å². The van der Waals surface area contributed by atoms with E-state index in [-0.39, 0.29) is 23.3 Å². The number of esters is 1. The summed E-state index contributed by atoms with van der Waals surface area (Å²) in [5.74, 6) is -0.743. The zero-order valence-electron chi connectivity index (χ0n) is 8.93. The lowest BCUT2D eigenvalue weighted by molar-refractivity contribution is 0.0518. The van der Waals surface area contributed by atoms with E-state index in [4.69, 9.17) is 0 Å². The van der Waals surface area contributed by atoms with Crippen molar-refractivity contribution in [2.45, 2.75) is 18.7 Å². The Labute approximate surface area is 104 Å². The zero-order chi connectivity index (χ0) is 13.0. The fourth-order valence-electron chi connectivity index (χ4n) is 1.29. The van der Waals surface area contributed by atoms with Crippen LogP contribution < -0.4 is 5.43 Å². The maximum Gasteiger partial charge on any atom is 0.354 e. The van der Waals surface area contributed by atoms with Crippen LogP contribution in [0, 0.1) is 0 Å². The van der Waals surface area contributed by atoms with Crippen molar-refractivity contribution in [3.8, 4) is 0 Å². The molecule has 94 valence electrons. The number of hydrogen-bond acceptors (Lipinski definition) is 3. The molecule has 1 heterocycles. The van der Waals surface area contributed by atoms with Gasteiger partial charge in [-0.25, -0.2) is 13.6 Å². The summed E-state index contributed by atoms with van der Waals surface area (Å²) in [6.07, 6.45) is -2.89. The van der Waals surface area contributed by atoms with E-state index >= 15 is 0 Å². The largest absolute Gasteiger partial charge is 0.461 e. The highest BCUT2D eigenvalue weighted by Gasteiger charge is 2.20. The van der Waals surface area contributed by atoms with Crippen LogP contribution in [-0.2, 0) is 10.1 Å². The van der Waals surface area contributed by atoms with Crippen molar-refractivity contribution in [1.29, 1.82) is 0 Å². The van der Waals surface area contributed by atoms with Crippen molar-refractivity contribution in [2.24, 2.45) is 0 Å². The maximum absolute atomic E-state index is 12.6. The van der Waals surface area contributed by atoms with Gasteiger partial charge in [0.2, 0.25) is 0 Å². The van der Waals surface area contributed by atoms with Gasteiger partial charge in [0.1, 0.15) is 5.69 Å². The molecule has 0 spiro atoms. The van der Waals surface area contributed by atoms with Crippen molar-refractivity contribution in [2.75, 3.05) is 6.61 Å². The molecule has 1 aromatic heterocycles. The minimum atomic E-state index is -2.89. The van der Waals surface area contributed by atoms with E-state index in [0.29, 0.717) is 0 Å². The quantitative estimate of drug-likeness (QED) is 0.686. The summed E-state index contributed by atoms with van der Waals surface area (Å²) in [7, 11) is 0. The summed E-state index contributed by atoms with van der Waals surface area (Å²) >= 11 is 2.98. The van der Waals surface area contributed by atoms with Gasteiger partial charge in [0.15, 0.2) is 5.43 Å². The van der Waals surface area contributed by atoms with E-state index in [2.05, 4.69) is 25.7 Å². The second-order valence-corrected chi connectivity index (χ2v) is 3.66. The number of alkyl halides is 3. The molecule has 0 unspecified atom stereocenters. The number of hydrogen-bond donors (Lipinski definition) is 1. The topological polar surface area (TPSA) is 59.2 Å². The molecule has 0 bridgehead atoms. The predicted octanol–water partition coefficient (Wildman–Crippen LogP) is 2.38. The highest BCUT2D eigenvalue weighted by molar-refractivity contribution is 9.08. The molecule has 0 saturated heterocycles. The lowest BCUT2D eigenvalue weighted by atomic mass is 10.2. The molecule has 1 N–H and O–H groups in total. The molecule has 0 aliphatic carbocycles. The summed E-state index contributed by atoms with van der Waals surface area (Å²) in [6.45, 7) is 1.75. The van der Waals surface area contributed by atoms with Crippen LogP contribution in [0.3, 0.4) is 0 Å². The van der Waals surface area contributed by atoms with E-state index in [9.17, 15) is 18.4 Å². The van der Waals surface area contributed by atoms with Crippen molar-refractivity contribution < 1.29 is 18.3 Å². The molecule has 1 aromatic rings. The van der Waals surface area contributed by atoms with Gasteiger partial charge < -0.3 is 9.72 Å². The van der Waals surface area contributed by atoms with Crippen molar-refractivity contribution >= 4 is 21.9 Å². The average Bonchev–Trinajstić information content (AvgIpc) is 2.27. The molecule has 17 heavy (non-hydrogen) atoms. The standard InChI is InChI=1S/C10H10BrF2NO3/c1-2-17-10(16)5-3-7(15)8(9(12)13)6(4-11)14-5/h3,9H,2,4H2,1H3,(H,14,15). The van der Waals surface area contributed by atoms with E-state index in [0.717, 1.165) is 6.07 Å². The maximum atomic E-state index is 12.6. The molecule has 1 rings (SSSR count). The molecule has 0 radical (unpaired) electrons. The third-order valence-corrected chi connectivity index (χ3v) is 2.56. The highest BCUT2D eigenvalue weighted by Crippen LogP contribution is 2.20. The summed E-state index contributed by atoms with van der Waals surface area (Å²) in [4.78, 5) is 25.3. The van der Waals surface area contributed by atoms with Gasteiger partial charge in [-0.1, -0.05) is 15.9 Å². The van der Waals surface area contributed by atoms with Crippen LogP contribution in [0.15, 0.2) is 10.9 Å². The van der Waals surface area contributed by atoms with Gasteiger partial charge >= 0.3 is 5.97 Å². The van der Waals surface area contributed by atoms with Crippen molar-refractivity contribution in [3.63, 3.8) is 0 Å². The molecule has 0 atom stereocenters. The second-order valence-electron chi connectivity index (χ2n) is 3.09. The Morgan fingerprint density at radius 3 is 2.71 bits per heavy atom. The molecule has 0 aliphatic heterocycles. The van der Waals surface area contributed by atoms with E-state index in [1.807, 2.05) is 0 Å². The normalized spacial score (nSPS) is 10.6. The summed E-state index contributed by atoms with van der Waals surface area (Å²) in [6, 6.07) is 0.825. The van der Waals surface area contributed by atoms with Crippen LogP contribution in [-0.4, -0.2) is 17.6 Å². The van der Waals surface area contributed by atoms with Gasteiger partial charge in [0.05, 0.1) is 12.2 Å². The van der Waals surface area contributed by atoms with Crippen LogP contribution >= 0.6 is 15.9 Å². The van der Waals surface area contributed by atoms with Gasteiger partial charge in [0, 0.05) is 17.1 Å². The van der Waals surface area contributed by atoms with Gasteiger partial charge in [-0.3, -0.25) is 4.79 Å². The molecule has 0 saturated carbocycles. The first-order valence-electron chi connectivity index (χ1n) is 4.78. The summed E-state index contributed by atoms with van der Waals surface area (Å²) < 4.78 is 29.9. The van der Waals surface area contributed by atoms with Crippen LogP contribution in [0.5, 0.6) is 0 Å². The molecule has 0 aromatic carbocycles. The van der Waals surface area contributed by atoms with Crippen LogP contribution in [0.25, 0.3) is 0 Å². The Balaban J connectivity index is 3.27. The Bertz CT molecular complexity index is 473. The first-order valence-corrected chi connectivity index (χ1v) is 5.90. The molecule has 4 nitrogen and oxygen atoms in total. The lowest BCUT2D eigenvalue weighted by Gasteiger charge is -2.08. The minimum absolute atomic E-state index is 0.0180. The number of pyridine rings is 1. The number of carbonyl (C=O) groups excluding carboxylic acids is 1. The SMILES string of the molecule is CCOC(=O)c1cc(=O)c(C(F)F)c(CBr)[nH]1. The van der Waals surface area contributed by atoms with Gasteiger partial charge in [-0.05, 0) is 6.92 Å². The van der Waals surface area contributed by atoms with E-state index in [1.165, 1.54) is 0 Å². The molecular formula is C10H10BrF2NO3. The fourth-order valence-corrected chi connectivity index (χ4v) is 1.73. The molecule has 7 heteroatoms. The smallest absolute Gasteiger partial charge is 0.354 e. The number of nitrogens with one attached hydrogen (secondary N) is 1. The Morgan fingerprint density at radius 2 is 2.24 bits per heavy atom. The summed E-state index contributed by atoms with van der Waals surface area (Å²) in [5.41, 5.74) is -1.66. The van der Waals surface area contributed by atoms with Crippen molar-refractivity contribution in [1.82, 2.24) is 4.98 Å². The number of aromatic nitrogens is 1. The van der Waals surface area contributed by atoms with Gasteiger partial charge in [-0.15, -0.1) is 0 Å². The average molecular weight is 310 g/mol. The first-order chi connectivity index (χ1) is 8.01. The third-order valence-electron chi connectivity index (χ3n) is 2.00. The number of carbonyl (C=O) groups is 1. The minimum Gasteiger partial charge on any atom is -0.461 e. The van der Waals surface area contributed by atoms with Crippen LogP contribution in [0.1, 0.15) is 35.1 Å². The zero-order valence-corrected chi connectivity index (χ0v) is 10.5. The number of H-pyrrole nitrogens is 1. The van der Waals surface area contributed by atoms with E-state index < -0.39 is 23.4 Å².